The van der Waals surface area contributed by atoms with Gasteiger partial charge in [-0.1, -0.05) is 0 Å². The fourth-order valence-corrected chi connectivity index (χ4v) is 3.98. The Morgan fingerprint density at radius 3 is 2.74 bits per heavy atom. The Morgan fingerprint density at radius 2 is 2.06 bits per heavy atom. The van der Waals surface area contributed by atoms with Gasteiger partial charge in [0.15, 0.2) is 11.4 Å². The molecule has 2 N–H and O–H groups in total. The van der Waals surface area contributed by atoms with Crippen LogP contribution in [0.15, 0.2) is 24.4 Å². The molecule has 9 nitrogen and oxygen atoms in total. The highest BCUT2D eigenvalue weighted by Crippen LogP contribution is 2.46. The molecular formula is C21H23FN6O3. The number of aromatic nitrogens is 2. The molecule has 1 spiro atoms. The van der Waals surface area contributed by atoms with Gasteiger partial charge in [-0.25, -0.2) is 4.98 Å². The zero-order valence-electron chi connectivity index (χ0n) is 17.2. The minimum absolute atomic E-state index is 0.0598. The summed E-state index contributed by atoms with van der Waals surface area (Å²) in [4.78, 5) is 36.2. The molecule has 2 amide bonds. The highest BCUT2D eigenvalue weighted by atomic mass is 19.1. The molecule has 2 fully saturated rings. The number of hydrogen-bond donors (Lipinski definition) is 2. The molecule has 0 unspecified atom stereocenters. The lowest BCUT2D eigenvalue weighted by Crippen LogP contribution is -2.46. The van der Waals surface area contributed by atoms with Crippen molar-refractivity contribution in [2.75, 3.05) is 43.4 Å². The summed E-state index contributed by atoms with van der Waals surface area (Å²) < 4.78 is 20.3. The van der Waals surface area contributed by atoms with E-state index < -0.39 is 17.5 Å². The van der Waals surface area contributed by atoms with E-state index in [1.165, 1.54) is 13.1 Å². The van der Waals surface area contributed by atoms with Crippen LogP contribution in [0.2, 0.25) is 0 Å². The van der Waals surface area contributed by atoms with Crippen molar-refractivity contribution in [3.63, 3.8) is 0 Å². The van der Waals surface area contributed by atoms with Gasteiger partial charge in [0.05, 0.1) is 23.3 Å². The summed E-state index contributed by atoms with van der Waals surface area (Å²) in [5, 5.41) is 5.37. The van der Waals surface area contributed by atoms with E-state index in [4.69, 9.17) is 4.74 Å². The normalized spacial score (nSPS) is 19.4. The fraction of sp³-hybridized carbons (Fsp3) is 0.429. The van der Waals surface area contributed by atoms with E-state index in [-0.39, 0.29) is 11.6 Å². The first-order valence-electron chi connectivity index (χ1n) is 10.3. The number of halogens is 1. The number of carbonyl (C=O) groups is 2. The number of rotatable bonds is 4. The lowest BCUT2D eigenvalue weighted by molar-refractivity contribution is -0.125. The molecule has 2 aromatic rings. The molecule has 1 saturated carbocycles. The van der Waals surface area contributed by atoms with Crippen LogP contribution >= 0.6 is 0 Å². The Bertz CT molecular complexity index is 1050. The zero-order chi connectivity index (χ0) is 21.6. The number of carbonyl (C=O) groups excluding carboxylic acids is 2. The van der Waals surface area contributed by atoms with Crippen molar-refractivity contribution >= 4 is 23.2 Å². The van der Waals surface area contributed by atoms with Gasteiger partial charge in [-0.15, -0.1) is 0 Å². The largest absolute Gasteiger partial charge is 0.474 e. The molecule has 0 bridgehead atoms. The number of ether oxygens (including phenoxy) is 1. The van der Waals surface area contributed by atoms with E-state index in [1.54, 1.807) is 12.3 Å². The number of pyridine rings is 2. The molecule has 1 saturated heterocycles. The second-order valence-corrected chi connectivity index (χ2v) is 8.07. The van der Waals surface area contributed by atoms with E-state index in [9.17, 15) is 14.0 Å². The second-order valence-electron chi connectivity index (χ2n) is 8.07. The molecule has 2 aliphatic heterocycles. The molecule has 4 heterocycles. The summed E-state index contributed by atoms with van der Waals surface area (Å²) in [5.74, 6) is -0.519. The molecule has 0 atom stereocenters. The number of fused-ring (bicyclic) bond motifs is 1. The Labute approximate surface area is 178 Å². The number of nitrogens with one attached hydrogen (secondary N) is 2. The molecule has 5 rings (SSSR count). The van der Waals surface area contributed by atoms with Crippen molar-refractivity contribution in [2.24, 2.45) is 0 Å². The number of nitrogens with zero attached hydrogens (tertiary/aromatic N) is 4. The molecule has 0 aromatic carbocycles. The summed E-state index contributed by atoms with van der Waals surface area (Å²) in [5.41, 5.74) is 1.29. The van der Waals surface area contributed by atoms with Crippen LogP contribution in [0.1, 0.15) is 29.0 Å². The van der Waals surface area contributed by atoms with E-state index >= 15 is 0 Å². The summed E-state index contributed by atoms with van der Waals surface area (Å²) in [7, 11) is 1.48. The third-order valence-electron chi connectivity index (χ3n) is 5.98. The average Bonchev–Trinajstić information content (AvgIpc) is 3.55. The van der Waals surface area contributed by atoms with Gasteiger partial charge in [-0.05, 0) is 18.2 Å². The van der Waals surface area contributed by atoms with Gasteiger partial charge in [0.2, 0.25) is 5.95 Å². The Morgan fingerprint density at radius 1 is 1.29 bits per heavy atom. The van der Waals surface area contributed by atoms with E-state index in [0.717, 1.165) is 31.6 Å². The van der Waals surface area contributed by atoms with Crippen molar-refractivity contribution < 1.29 is 18.7 Å². The SMILES string of the molecule is CNC(=O)c1ccc(N2CCN(Cc3cc4c(cn3)OC3(CC3)C(=O)N4)CC2)c(F)n1. The number of anilines is 2. The van der Waals surface area contributed by atoms with Crippen LogP contribution in [0.4, 0.5) is 15.8 Å². The maximum atomic E-state index is 14.4. The van der Waals surface area contributed by atoms with Crippen molar-refractivity contribution in [3.8, 4) is 5.75 Å². The topological polar surface area (TPSA) is 99.7 Å². The van der Waals surface area contributed by atoms with Gasteiger partial charge < -0.3 is 20.3 Å². The standard InChI is InChI=1S/C21H23FN6O3/c1-23-19(29)14-2-3-16(18(22)25-14)28-8-6-27(7-9-28)12-13-10-15-17(11-24-13)31-21(4-5-21)20(30)26-15/h2-3,10-11H,4-9,12H2,1H3,(H,23,29)(H,26,30). The monoisotopic (exact) mass is 426 g/mol. The number of amides is 2. The second kappa shape index (κ2) is 7.45. The first-order chi connectivity index (χ1) is 15.0. The van der Waals surface area contributed by atoms with Gasteiger partial charge >= 0.3 is 0 Å². The molecule has 2 aromatic heterocycles. The molecule has 10 heteroatoms. The van der Waals surface area contributed by atoms with E-state index in [2.05, 4.69) is 25.5 Å². The summed E-state index contributed by atoms with van der Waals surface area (Å²) in [6, 6.07) is 4.99. The van der Waals surface area contributed by atoms with Gasteiger partial charge in [0.1, 0.15) is 5.69 Å². The summed E-state index contributed by atoms with van der Waals surface area (Å²) in [6.07, 6.45) is 3.17. The van der Waals surface area contributed by atoms with E-state index in [1.807, 2.05) is 11.0 Å². The van der Waals surface area contributed by atoms with Crippen LogP contribution < -0.4 is 20.3 Å². The third-order valence-corrected chi connectivity index (χ3v) is 5.98. The molecule has 31 heavy (non-hydrogen) atoms. The van der Waals surface area contributed by atoms with Crippen LogP contribution in [-0.4, -0.2) is 65.5 Å². The number of piperazine rings is 1. The molecule has 162 valence electrons. The lowest BCUT2D eigenvalue weighted by atomic mass is 10.2. The predicted molar refractivity (Wildman–Crippen MR) is 111 cm³/mol. The van der Waals surface area contributed by atoms with Gasteiger partial charge in [-0.2, -0.15) is 4.39 Å². The average molecular weight is 426 g/mol. The maximum absolute atomic E-state index is 14.4. The number of hydrogen-bond acceptors (Lipinski definition) is 7. The van der Waals surface area contributed by atoms with Gasteiger partial charge in [0.25, 0.3) is 11.8 Å². The van der Waals surface area contributed by atoms with Crippen LogP contribution in [0.3, 0.4) is 0 Å². The lowest BCUT2D eigenvalue weighted by Gasteiger charge is -2.36. The third kappa shape index (κ3) is 3.67. The van der Waals surface area contributed by atoms with E-state index in [0.29, 0.717) is 36.8 Å². The minimum atomic E-state index is -0.671. The van der Waals surface area contributed by atoms with Gasteiger partial charge in [0, 0.05) is 52.6 Å². The molecule has 0 radical (unpaired) electrons. The van der Waals surface area contributed by atoms with Crippen molar-refractivity contribution in [2.45, 2.75) is 25.0 Å². The highest BCUT2D eigenvalue weighted by Gasteiger charge is 2.55. The zero-order valence-corrected chi connectivity index (χ0v) is 17.2. The Kier molecular flexibility index (Phi) is 4.73. The van der Waals surface area contributed by atoms with Crippen LogP contribution in [-0.2, 0) is 11.3 Å². The van der Waals surface area contributed by atoms with Gasteiger partial charge in [-0.3, -0.25) is 19.5 Å². The fourth-order valence-electron chi connectivity index (χ4n) is 3.98. The minimum Gasteiger partial charge on any atom is -0.474 e. The summed E-state index contributed by atoms with van der Waals surface area (Å²) in [6.45, 7) is 3.33. The van der Waals surface area contributed by atoms with Crippen molar-refractivity contribution in [1.29, 1.82) is 0 Å². The Balaban J connectivity index is 1.20. The predicted octanol–water partition coefficient (Wildman–Crippen LogP) is 1.16. The maximum Gasteiger partial charge on any atom is 0.269 e. The quantitative estimate of drug-likeness (QED) is 0.708. The van der Waals surface area contributed by atoms with Crippen molar-refractivity contribution in [1.82, 2.24) is 20.2 Å². The summed E-state index contributed by atoms with van der Waals surface area (Å²) >= 11 is 0. The first kappa shape index (κ1) is 19.7. The molecule has 3 aliphatic rings. The Hall–Kier alpha value is -3.27. The van der Waals surface area contributed by atoms with Crippen LogP contribution in [0.5, 0.6) is 5.75 Å². The first-order valence-corrected chi connectivity index (χ1v) is 10.3. The molecule has 1 aliphatic carbocycles. The highest BCUT2D eigenvalue weighted by molar-refractivity contribution is 6.02. The van der Waals surface area contributed by atoms with Crippen LogP contribution in [0, 0.1) is 5.95 Å². The smallest absolute Gasteiger partial charge is 0.269 e. The van der Waals surface area contributed by atoms with Crippen molar-refractivity contribution in [3.05, 3.63) is 41.7 Å². The molecular weight excluding hydrogens is 403 g/mol. The van der Waals surface area contributed by atoms with Crippen LogP contribution in [0.25, 0.3) is 0 Å².